The molecule has 0 atom stereocenters. The lowest BCUT2D eigenvalue weighted by Gasteiger charge is -2.34. The van der Waals surface area contributed by atoms with Crippen molar-refractivity contribution >= 4 is 29.3 Å². The number of aromatic nitrogens is 3. The highest BCUT2D eigenvalue weighted by Gasteiger charge is 2.22. The number of hydrogen-bond donors (Lipinski definition) is 1. The quantitative estimate of drug-likeness (QED) is 0.511. The van der Waals surface area contributed by atoms with Crippen molar-refractivity contribution in [3.8, 4) is 0 Å². The summed E-state index contributed by atoms with van der Waals surface area (Å²) in [5.41, 5.74) is 2.13. The third-order valence-corrected chi connectivity index (χ3v) is 6.77. The number of benzene rings is 2. The smallest absolute Gasteiger partial charge is 0.339 e. The molecule has 0 spiro atoms. The number of nitrogens with one attached hydrogen (secondary N) is 1. The summed E-state index contributed by atoms with van der Waals surface area (Å²) < 4.78 is 1.61. The lowest BCUT2D eigenvalue weighted by Crippen LogP contribution is -2.48. The normalized spacial score (nSPS) is 14.6. The Morgan fingerprint density at radius 3 is 2.44 bits per heavy atom. The number of H-pyrrole nitrogens is 1. The number of hydrogen-bond acceptors (Lipinski definition) is 5. The van der Waals surface area contributed by atoms with Crippen molar-refractivity contribution in [3.05, 3.63) is 81.2 Å². The van der Waals surface area contributed by atoms with Crippen molar-refractivity contribution in [2.24, 2.45) is 0 Å². The van der Waals surface area contributed by atoms with Gasteiger partial charge in [-0.25, -0.2) is 9.89 Å². The second kappa shape index (κ2) is 10.8. The van der Waals surface area contributed by atoms with Gasteiger partial charge in [0.2, 0.25) is 5.91 Å². The van der Waals surface area contributed by atoms with Gasteiger partial charge in [-0.3, -0.25) is 14.3 Å². The zero-order valence-electron chi connectivity index (χ0n) is 17.7. The van der Waals surface area contributed by atoms with Crippen LogP contribution in [0.15, 0.2) is 64.5 Å². The van der Waals surface area contributed by atoms with Crippen LogP contribution in [0.3, 0.4) is 0 Å². The lowest BCUT2D eigenvalue weighted by molar-refractivity contribution is -0.130. The predicted molar refractivity (Wildman–Crippen MR) is 127 cm³/mol. The van der Waals surface area contributed by atoms with Gasteiger partial charge in [-0.2, -0.15) is 0 Å². The molecule has 2 aromatic carbocycles. The van der Waals surface area contributed by atoms with Gasteiger partial charge in [0.1, 0.15) is 0 Å². The molecule has 4 rings (SSSR count). The first-order chi connectivity index (χ1) is 15.6. The Morgan fingerprint density at radius 1 is 1.00 bits per heavy atom. The Balaban J connectivity index is 1.25. The summed E-state index contributed by atoms with van der Waals surface area (Å²) >= 11 is 7.27. The summed E-state index contributed by atoms with van der Waals surface area (Å²) in [6.07, 6.45) is 0.733. The summed E-state index contributed by atoms with van der Waals surface area (Å²) in [6.45, 7) is 4.46. The minimum Gasteiger partial charge on any atom is -0.339 e. The number of rotatable bonds is 8. The molecular weight excluding hydrogens is 446 g/mol. The average molecular weight is 472 g/mol. The molecule has 1 amide bonds. The lowest BCUT2D eigenvalue weighted by atomic mass is 10.1. The molecule has 0 radical (unpaired) electrons. The first kappa shape index (κ1) is 22.6. The number of nitrogens with zero attached hydrogens (tertiary/aromatic N) is 4. The van der Waals surface area contributed by atoms with Crippen LogP contribution in [0.25, 0.3) is 0 Å². The SMILES string of the molecule is O=C(CSc1n[nH]c(=O)n1CCc1ccccc1)N1CCN(Cc2ccc(Cl)cc2)CC1. The largest absolute Gasteiger partial charge is 0.343 e. The Kier molecular flexibility index (Phi) is 7.68. The van der Waals surface area contributed by atoms with Gasteiger partial charge in [0.15, 0.2) is 5.16 Å². The third kappa shape index (κ3) is 6.03. The van der Waals surface area contributed by atoms with Crippen LogP contribution in [0, 0.1) is 0 Å². The molecular formula is C23H26ClN5O2S. The van der Waals surface area contributed by atoms with Crippen LogP contribution in [0.5, 0.6) is 0 Å². The standard InChI is InChI=1S/C23H26ClN5O2S/c24-20-8-6-19(7-9-20)16-27-12-14-28(15-13-27)21(30)17-32-23-26-25-22(31)29(23)11-10-18-4-2-1-3-5-18/h1-9H,10-17H2,(H,25,31). The fourth-order valence-electron chi connectivity index (χ4n) is 3.72. The summed E-state index contributed by atoms with van der Waals surface area (Å²) in [4.78, 5) is 29.1. The molecule has 0 saturated carbocycles. The molecule has 0 bridgehead atoms. The molecule has 2 heterocycles. The second-order valence-corrected chi connectivity index (χ2v) is 9.15. The Morgan fingerprint density at radius 2 is 1.72 bits per heavy atom. The van der Waals surface area contributed by atoms with Gasteiger partial charge in [0, 0.05) is 44.3 Å². The van der Waals surface area contributed by atoms with E-state index in [4.69, 9.17) is 11.6 Å². The van der Waals surface area contributed by atoms with Crippen molar-refractivity contribution in [3.63, 3.8) is 0 Å². The van der Waals surface area contributed by atoms with Crippen LogP contribution in [0.1, 0.15) is 11.1 Å². The summed E-state index contributed by atoms with van der Waals surface area (Å²) in [5.74, 6) is 0.346. The molecule has 1 aliphatic heterocycles. The molecule has 32 heavy (non-hydrogen) atoms. The van der Waals surface area contributed by atoms with Gasteiger partial charge in [-0.05, 0) is 29.7 Å². The van der Waals surface area contributed by atoms with E-state index in [0.717, 1.165) is 36.6 Å². The van der Waals surface area contributed by atoms with Gasteiger partial charge in [0.05, 0.1) is 5.75 Å². The third-order valence-electron chi connectivity index (χ3n) is 5.56. The van der Waals surface area contributed by atoms with E-state index in [0.29, 0.717) is 24.8 Å². The number of halogens is 1. The first-order valence-corrected chi connectivity index (χ1v) is 12.0. The Bertz CT molecular complexity index is 1080. The molecule has 7 nitrogen and oxygen atoms in total. The van der Waals surface area contributed by atoms with Gasteiger partial charge >= 0.3 is 5.69 Å². The predicted octanol–water partition coefficient (Wildman–Crippen LogP) is 2.90. The highest BCUT2D eigenvalue weighted by atomic mass is 35.5. The average Bonchev–Trinajstić information content (AvgIpc) is 3.18. The summed E-state index contributed by atoms with van der Waals surface area (Å²) in [7, 11) is 0. The maximum atomic E-state index is 12.7. The zero-order chi connectivity index (χ0) is 22.3. The second-order valence-electron chi connectivity index (χ2n) is 7.77. The number of aryl methyl sites for hydroxylation is 1. The number of piperazine rings is 1. The van der Waals surface area contributed by atoms with E-state index in [1.54, 1.807) is 4.57 Å². The molecule has 0 aliphatic carbocycles. The van der Waals surface area contributed by atoms with Crippen LogP contribution in [-0.4, -0.2) is 62.4 Å². The minimum atomic E-state index is -0.244. The van der Waals surface area contributed by atoms with Crippen LogP contribution in [0.2, 0.25) is 5.02 Å². The molecule has 1 aromatic heterocycles. The van der Waals surface area contributed by atoms with Crippen LogP contribution >= 0.6 is 23.4 Å². The van der Waals surface area contributed by atoms with E-state index in [9.17, 15) is 9.59 Å². The maximum Gasteiger partial charge on any atom is 0.343 e. The van der Waals surface area contributed by atoms with E-state index < -0.39 is 0 Å². The topological polar surface area (TPSA) is 74.2 Å². The van der Waals surface area contributed by atoms with Crippen molar-refractivity contribution in [2.45, 2.75) is 24.7 Å². The van der Waals surface area contributed by atoms with Crippen LogP contribution < -0.4 is 5.69 Å². The molecule has 1 saturated heterocycles. The van der Waals surface area contributed by atoms with E-state index >= 15 is 0 Å². The number of carbonyl (C=O) groups is 1. The van der Waals surface area contributed by atoms with Crippen molar-refractivity contribution in [1.82, 2.24) is 24.6 Å². The van der Waals surface area contributed by atoms with Gasteiger partial charge in [-0.15, -0.1) is 5.10 Å². The molecule has 0 unspecified atom stereocenters. The number of carbonyl (C=O) groups excluding carboxylic acids is 1. The Hall–Kier alpha value is -2.55. The van der Waals surface area contributed by atoms with E-state index in [-0.39, 0.29) is 17.3 Å². The van der Waals surface area contributed by atoms with Gasteiger partial charge in [-0.1, -0.05) is 65.8 Å². The summed E-state index contributed by atoms with van der Waals surface area (Å²) in [6, 6.07) is 17.9. The molecule has 3 aromatic rings. The molecule has 9 heteroatoms. The number of aromatic amines is 1. The van der Waals surface area contributed by atoms with Crippen molar-refractivity contribution < 1.29 is 4.79 Å². The van der Waals surface area contributed by atoms with Gasteiger partial charge in [0.25, 0.3) is 0 Å². The zero-order valence-corrected chi connectivity index (χ0v) is 19.3. The van der Waals surface area contributed by atoms with E-state index in [2.05, 4.69) is 15.1 Å². The highest BCUT2D eigenvalue weighted by molar-refractivity contribution is 7.99. The van der Waals surface area contributed by atoms with Crippen LogP contribution in [0.4, 0.5) is 0 Å². The highest BCUT2D eigenvalue weighted by Crippen LogP contribution is 2.17. The van der Waals surface area contributed by atoms with E-state index in [1.165, 1.54) is 17.3 Å². The fourth-order valence-corrected chi connectivity index (χ4v) is 4.72. The Labute approximate surface area is 196 Å². The maximum absolute atomic E-state index is 12.7. The molecule has 1 N–H and O–H groups in total. The minimum absolute atomic E-state index is 0.0752. The fraction of sp³-hybridized carbons (Fsp3) is 0.348. The van der Waals surface area contributed by atoms with Crippen molar-refractivity contribution in [1.29, 1.82) is 0 Å². The molecule has 1 fully saturated rings. The van der Waals surface area contributed by atoms with Gasteiger partial charge < -0.3 is 4.90 Å². The molecule has 1 aliphatic rings. The van der Waals surface area contributed by atoms with E-state index in [1.807, 2.05) is 59.5 Å². The monoisotopic (exact) mass is 471 g/mol. The molecule has 168 valence electrons. The van der Waals surface area contributed by atoms with Crippen LogP contribution in [-0.2, 0) is 24.3 Å². The summed E-state index contributed by atoms with van der Waals surface area (Å²) in [5, 5.41) is 7.91. The van der Waals surface area contributed by atoms with Crippen molar-refractivity contribution in [2.75, 3.05) is 31.9 Å². The number of amides is 1. The number of thioether (sulfide) groups is 1. The first-order valence-electron chi connectivity index (χ1n) is 10.6.